The second kappa shape index (κ2) is 11.2. The Bertz CT molecular complexity index is 648. The standard InChI is InChI=1S/C20H22O5P/c1-3-13-22-19-9-5-17(6-10-19)15-24-26(21)25-16-18-7-11-20(12-8-18)23-14-4-2/h3-12H,1-2,13-16H2/q+1. The summed E-state index contributed by atoms with van der Waals surface area (Å²) in [5.41, 5.74) is 1.76. The van der Waals surface area contributed by atoms with Gasteiger partial charge in [0.1, 0.15) is 37.9 Å². The average molecular weight is 373 g/mol. The molecule has 0 amide bonds. The molecule has 0 spiro atoms. The summed E-state index contributed by atoms with van der Waals surface area (Å²) in [6.07, 6.45) is 3.36. The van der Waals surface area contributed by atoms with E-state index in [2.05, 4.69) is 13.2 Å². The van der Waals surface area contributed by atoms with Crippen LogP contribution in [0.15, 0.2) is 73.8 Å². The van der Waals surface area contributed by atoms with E-state index in [4.69, 9.17) is 18.5 Å². The number of ether oxygens (including phenoxy) is 2. The van der Waals surface area contributed by atoms with Gasteiger partial charge in [-0.3, -0.25) is 0 Å². The quantitative estimate of drug-likeness (QED) is 0.378. The molecule has 0 atom stereocenters. The third kappa shape index (κ3) is 7.19. The fourth-order valence-corrected chi connectivity index (χ4v) is 2.55. The molecule has 0 aliphatic rings. The maximum absolute atomic E-state index is 11.8. The number of hydrogen-bond donors (Lipinski definition) is 0. The van der Waals surface area contributed by atoms with E-state index < -0.39 is 8.25 Å². The molecule has 0 aliphatic heterocycles. The first-order chi connectivity index (χ1) is 12.7. The van der Waals surface area contributed by atoms with Crippen LogP contribution in [-0.2, 0) is 26.8 Å². The Morgan fingerprint density at radius 1 is 0.731 bits per heavy atom. The van der Waals surface area contributed by atoms with Crippen LogP contribution in [0.1, 0.15) is 11.1 Å². The first kappa shape index (κ1) is 19.9. The fourth-order valence-electron chi connectivity index (χ4n) is 1.97. The van der Waals surface area contributed by atoms with E-state index in [1.54, 1.807) is 12.2 Å². The van der Waals surface area contributed by atoms with Crippen LogP contribution in [0.25, 0.3) is 0 Å². The van der Waals surface area contributed by atoms with Crippen molar-refractivity contribution >= 4 is 8.25 Å². The van der Waals surface area contributed by atoms with E-state index in [0.717, 1.165) is 22.6 Å². The lowest BCUT2D eigenvalue weighted by Crippen LogP contribution is -1.94. The second-order valence-corrected chi connectivity index (χ2v) is 6.22. The Morgan fingerprint density at radius 3 is 1.46 bits per heavy atom. The lowest BCUT2D eigenvalue weighted by molar-refractivity contribution is 0.213. The Balaban J connectivity index is 1.71. The highest BCUT2D eigenvalue weighted by Gasteiger charge is 2.20. The molecular formula is C20H22O5P+. The van der Waals surface area contributed by atoms with Crippen molar-refractivity contribution in [2.24, 2.45) is 0 Å². The first-order valence-corrected chi connectivity index (χ1v) is 9.19. The minimum atomic E-state index is -2.20. The van der Waals surface area contributed by atoms with E-state index >= 15 is 0 Å². The summed E-state index contributed by atoms with van der Waals surface area (Å²) in [7, 11) is -2.20. The molecule has 0 fully saturated rings. The Labute approximate surface area is 154 Å². The second-order valence-electron chi connectivity index (χ2n) is 5.26. The van der Waals surface area contributed by atoms with Crippen LogP contribution in [0.2, 0.25) is 0 Å². The highest BCUT2D eigenvalue weighted by Crippen LogP contribution is 2.28. The van der Waals surface area contributed by atoms with E-state index in [9.17, 15) is 4.57 Å². The van der Waals surface area contributed by atoms with E-state index in [0.29, 0.717) is 13.2 Å². The van der Waals surface area contributed by atoms with Crippen LogP contribution in [-0.4, -0.2) is 13.2 Å². The van der Waals surface area contributed by atoms with Crippen molar-refractivity contribution in [3.05, 3.63) is 85.0 Å². The van der Waals surface area contributed by atoms with Gasteiger partial charge in [-0.05, 0) is 35.4 Å². The van der Waals surface area contributed by atoms with Gasteiger partial charge in [0.15, 0.2) is 0 Å². The van der Waals surface area contributed by atoms with Gasteiger partial charge in [-0.15, -0.1) is 9.05 Å². The largest absolute Gasteiger partial charge is 0.698 e. The van der Waals surface area contributed by atoms with Gasteiger partial charge in [0.25, 0.3) is 0 Å². The number of rotatable bonds is 12. The van der Waals surface area contributed by atoms with Gasteiger partial charge in [0, 0.05) is 4.57 Å². The molecule has 0 unspecified atom stereocenters. The third-order valence-electron chi connectivity index (χ3n) is 3.26. The summed E-state index contributed by atoms with van der Waals surface area (Å²) in [4.78, 5) is 0. The average Bonchev–Trinajstić information content (AvgIpc) is 2.69. The van der Waals surface area contributed by atoms with Crippen molar-refractivity contribution in [1.82, 2.24) is 0 Å². The van der Waals surface area contributed by atoms with Crippen LogP contribution in [0.3, 0.4) is 0 Å². The molecule has 0 aliphatic carbocycles. The van der Waals surface area contributed by atoms with Gasteiger partial charge >= 0.3 is 8.25 Å². The SMILES string of the molecule is C=CCOc1ccc(CO[P+](=O)OCc2ccc(OCC=C)cc2)cc1. The Hall–Kier alpha value is -2.46. The molecule has 0 bridgehead atoms. The molecule has 5 nitrogen and oxygen atoms in total. The first-order valence-electron chi connectivity index (χ1n) is 8.09. The molecular weight excluding hydrogens is 351 g/mol. The van der Waals surface area contributed by atoms with Gasteiger partial charge in [-0.2, -0.15) is 0 Å². The molecule has 2 aromatic rings. The normalized spacial score (nSPS) is 10.2. The lowest BCUT2D eigenvalue weighted by atomic mass is 10.2. The zero-order chi connectivity index (χ0) is 18.6. The molecule has 6 heteroatoms. The highest BCUT2D eigenvalue weighted by atomic mass is 31.1. The van der Waals surface area contributed by atoms with Crippen molar-refractivity contribution in [2.45, 2.75) is 13.2 Å². The van der Waals surface area contributed by atoms with E-state index in [-0.39, 0.29) is 13.2 Å². The monoisotopic (exact) mass is 373 g/mol. The molecule has 0 aromatic heterocycles. The van der Waals surface area contributed by atoms with Crippen molar-refractivity contribution in [3.63, 3.8) is 0 Å². The molecule has 0 saturated carbocycles. The van der Waals surface area contributed by atoms with Crippen molar-refractivity contribution < 1.29 is 23.1 Å². The highest BCUT2D eigenvalue weighted by molar-refractivity contribution is 7.33. The van der Waals surface area contributed by atoms with E-state index in [1.807, 2.05) is 48.5 Å². The topological polar surface area (TPSA) is 54.0 Å². The van der Waals surface area contributed by atoms with Gasteiger partial charge < -0.3 is 9.47 Å². The fraction of sp³-hybridized carbons (Fsp3) is 0.200. The minimum absolute atomic E-state index is 0.200. The summed E-state index contributed by atoms with van der Waals surface area (Å²) in [6.45, 7) is 8.50. The van der Waals surface area contributed by atoms with Gasteiger partial charge in [-0.1, -0.05) is 49.6 Å². The smallest absolute Gasteiger partial charge is 0.490 e. The van der Waals surface area contributed by atoms with Crippen LogP contribution in [0, 0.1) is 0 Å². The maximum Gasteiger partial charge on any atom is 0.698 e. The van der Waals surface area contributed by atoms with Crippen molar-refractivity contribution in [1.29, 1.82) is 0 Å². The molecule has 26 heavy (non-hydrogen) atoms. The zero-order valence-electron chi connectivity index (χ0n) is 14.5. The predicted molar refractivity (Wildman–Crippen MR) is 101 cm³/mol. The predicted octanol–water partition coefficient (Wildman–Crippen LogP) is 5.21. The molecule has 0 saturated heterocycles. The van der Waals surface area contributed by atoms with Gasteiger partial charge in [-0.25, -0.2) is 0 Å². The van der Waals surface area contributed by atoms with Crippen molar-refractivity contribution in [3.8, 4) is 11.5 Å². The van der Waals surface area contributed by atoms with Crippen LogP contribution in [0.5, 0.6) is 11.5 Å². The maximum atomic E-state index is 11.8. The summed E-state index contributed by atoms with van der Waals surface area (Å²) in [5, 5.41) is 0. The summed E-state index contributed by atoms with van der Waals surface area (Å²) in [6, 6.07) is 14.7. The van der Waals surface area contributed by atoms with Gasteiger partial charge in [0.05, 0.1) is 0 Å². The van der Waals surface area contributed by atoms with Crippen LogP contribution < -0.4 is 9.47 Å². The summed E-state index contributed by atoms with van der Waals surface area (Å²) < 4.78 is 33.1. The number of hydrogen-bond acceptors (Lipinski definition) is 5. The third-order valence-corrected chi connectivity index (χ3v) is 3.94. The molecule has 0 heterocycles. The van der Waals surface area contributed by atoms with Crippen LogP contribution in [0.4, 0.5) is 0 Å². The van der Waals surface area contributed by atoms with E-state index in [1.165, 1.54) is 0 Å². The van der Waals surface area contributed by atoms with Crippen molar-refractivity contribution in [2.75, 3.05) is 13.2 Å². The molecule has 136 valence electrons. The van der Waals surface area contributed by atoms with Crippen LogP contribution >= 0.6 is 8.25 Å². The number of benzene rings is 2. The lowest BCUT2D eigenvalue weighted by Gasteiger charge is -2.03. The Morgan fingerprint density at radius 2 is 1.12 bits per heavy atom. The Kier molecular flexibility index (Phi) is 8.56. The van der Waals surface area contributed by atoms with Gasteiger partial charge in [0.2, 0.25) is 0 Å². The summed E-state index contributed by atoms with van der Waals surface area (Å²) >= 11 is 0. The minimum Gasteiger partial charge on any atom is -0.490 e. The molecule has 2 aromatic carbocycles. The summed E-state index contributed by atoms with van der Waals surface area (Å²) in [5.74, 6) is 1.49. The molecule has 2 rings (SSSR count). The zero-order valence-corrected chi connectivity index (χ0v) is 15.4. The molecule has 0 N–H and O–H groups in total. The molecule has 0 radical (unpaired) electrons.